The largest absolute Gasteiger partial charge is 0.505 e. The first-order valence-electron chi connectivity index (χ1n) is 11.2. The van der Waals surface area contributed by atoms with Crippen LogP contribution in [-0.2, 0) is 13.0 Å². The molecule has 3 aromatic rings. The molecule has 2 aromatic carbocycles. The highest BCUT2D eigenvalue weighted by molar-refractivity contribution is 6.15. The van der Waals surface area contributed by atoms with Crippen molar-refractivity contribution >= 4 is 22.7 Å². The van der Waals surface area contributed by atoms with Gasteiger partial charge >= 0.3 is 0 Å². The minimum atomic E-state index is -0.896. The number of carbonyl (C=O) groups is 2. The molecule has 6 nitrogen and oxygen atoms in total. The number of fused-ring (bicyclic) bond motifs is 2. The van der Waals surface area contributed by atoms with Gasteiger partial charge in [0.1, 0.15) is 11.7 Å². The predicted molar refractivity (Wildman–Crippen MR) is 123 cm³/mol. The summed E-state index contributed by atoms with van der Waals surface area (Å²) in [6, 6.07) is 10.1. The summed E-state index contributed by atoms with van der Waals surface area (Å²) in [4.78, 5) is 34.0. The molecular weight excluding hydrogens is 421 g/mol. The Balaban J connectivity index is 1.65. The Labute approximate surface area is 191 Å². The van der Waals surface area contributed by atoms with Crippen LogP contribution >= 0.6 is 0 Å². The van der Waals surface area contributed by atoms with Crippen LogP contribution in [0.1, 0.15) is 55.8 Å². The number of aromatic hydroxyl groups is 1. The number of piperidine rings is 1. The summed E-state index contributed by atoms with van der Waals surface area (Å²) in [6.45, 7) is 2.93. The quantitative estimate of drug-likeness (QED) is 0.659. The Morgan fingerprint density at radius 3 is 2.58 bits per heavy atom. The number of rotatable bonds is 3. The number of halogens is 1. The normalized spacial score (nSPS) is 16.5. The van der Waals surface area contributed by atoms with Gasteiger partial charge in [0.15, 0.2) is 5.75 Å². The number of phenols is 1. The lowest BCUT2D eigenvalue weighted by Gasteiger charge is -2.29. The van der Waals surface area contributed by atoms with E-state index in [-0.39, 0.29) is 35.2 Å². The van der Waals surface area contributed by atoms with Gasteiger partial charge in [-0.2, -0.15) is 0 Å². The molecule has 7 heteroatoms. The van der Waals surface area contributed by atoms with Crippen molar-refractivity contribution in [3.8, 4) is 5.75 Å². The number of pyridine rings is 1. The van der Waals surface area contributed by atoms with Crippen LogP contribution in [0.5, 0.6) is 5.75 Å². The van der Waals surface area contributed by atoms with E-state index >= 15 is 0 Å². The molecule has 2 amide bonds. The van der Waals surface area contributed by atoms with Crippen LogP contribution in [0.4, 0.5) is 4.39 Å². The number of likely N-dealkylation sites (tertiary alicyclic amines) is 1. The molecule has 0 spiro atoms. The van der Waals surface area contributed by atoms with E-state index < -0.39 is 6.17 Å². The highest BCUT2D eigenvalue weighted by atomic mass is 19.1. The molecule has 0 bridgehead atoms. The molecule has 1 aromatic heterocycles. The average molecular weight is 448 g/mol. The smallest absolute Gasteiger partial charge is 0.258 e. The van der Waals surface area contributed by atoms with Crippen LogP contribution in [0.15, 0.2) is 36.5 Å². The van der Waals surface area contributed by atoms with Gasteiger partial charge < -0.3 is 14.9 Å². The molecule has 0 atom stereocenters. The molecule has 5 rings (SSSR count). The zero-order valence-electron chi connectivity index (χ0n) is 18.8. The average Bonchev–Trinajstić information content (AvgIpc) is 3.10. The third-order valence-corrected chi connectivity index (χ3v) is 6.69. The van der Waals surface area contributed by atoms with Crippen LogP contribution < -0.4 is 0 Å². The molecule has 1 fully saturated rings. The number of aromatic nitrogens is 1. The predicted octanol–water partition coefficient (Wildman–Crippen LogP) is 4.00. The van der Waals surface area contributed by atoms with Crippen molar-refractivity contribution in [3.05, 3.63) is 69.9 Å². The fourth-order valence-corrected chi connectivity index (χ4v) is 4.82. The standard InChI is InChI=1S/C26H26FN3O3/c1-15-3-5-16(6-4-15)11-17-12-19-21(26(33)30-9-7-18(27)8-10-30)20-14-29(2)25(32)22(20)24(31)23(19)28-13-17/h3-6,12-13,18,31H,7-11,14H2,1-2H3. The summed E-state index contributed by atoms with van der Waals surface area (Å²) < 4.78 is 13.7. The van der Waals surface area contributed by atoms with Gasteiger partial charge in [-0.05, 0) is 43.4 Å². The molecule has 1 N–H and O–H groups in total. The second kappa shape index (κ2) is 8.14. The van der Waals surface area contributed by atoms with E-state index in [1.807, 2.05) is 25.1 Å². The van der Waals surface area contributed by atoms with Gasteiger partial charge in [-0.3, -0.25) is 14.6 Å². The van der Waals surface area contributed by atoms with E-state index in [0.717, 1.165) is 11.1 Å². The van der Waals surface area contributed by atoms with Gasteiger partial charge in [0.05, 0.1) is 11.1 Å². The number of nitrogens with zero attached hydrogens (tertiary/aromatic N) is 3. The number of hydrogen-bond acceptors (Lipinski definition) is 4. The maximum atomic E-state index is 13.7. The number of benzene rings is 2. The summed E-state index contributed by atoms with van der Waals surface area (Å²) >= 11 is 0. The van der Waals surface area contributed by atoms with Crippen molar-refractivity contribution in [1.29, 1.82) is 0 Å². The second-order valence-corrected chi connectivity index (χ2v) is 9.11. The monoisotopic (exact) mass is 447 g/mol. The zero-order valence-corrected chi connectivity index (χ0v) is 18.8. The lowest BCUT2D eigenvalue weighted by molar-refractivity contribution is 0.0666. The fourth-order valence-electron chi connectivity index (χ4n) is 4.82. The van der Waals surface area contributed by atoms with E-state index in [2.05, 4.69) is 17.1 Å². The highest BCUT2D eigenvalue weighted by Gasteiger charge is 2.36. The maximum absolute atomic E-state index is 13.7. The van der Waals surface area contributed by atoms with Crippen molar-refractivity contribution < 1.29 is 19.1 Å². The number of alkyl halides is 1. The first-order valence-corrected chi connectivity index (χ1v) is 11.2. The number of aryl methyl sites for hydroxylation is 1. The van der Waals surface area contributed by atoms with Crippen molar-refractivity contribution in [2.24, 2.45) is 0 Å². The number of hydrogen-bond donors (Lipinski definition) is 1. The molecule has 0 radical (unpaired) electrons. The van der Waals surface area contributed by atoms with Crippen LogP contribution in [0, 0.1) is 6.92 Å². The van der Waals surface area contributed by atoms with Crippen LogP contribution in [0.2, 0.25) is 0 Å². The SMILES string of the molecule is Cc1ccc(Cc2cnc3c(O)c4c(c(C(=O)N5CCC(F)CC5)c3c2)CN(C)C4=O)cc1. The van der Waals surface area contributed by atoms with Crippen molar-refractivity contribution in [2.45, 2.75) is 38.9 Å². The summed E-state index contributed by atoms with van der Waals surface area (Å²) in [7, 11) is 1.64. The molecule has 2 aliphatic heterocycles. The number of amides is 2. The topological polar surface area (TPSA) is 73.7 Å². The molecule has 3 heterocycles. The Hall–Kier alpha value is -3.48. The van der Waals surface area contributed by atoms with Crippen LogP contribution in [0.25, 0.3) is 10.9 Å². The van der Waals surface area contributed by atoms with Crippen molar-refractivity contribution in [1.82, 2.24) is 14.8 Å². The van der Waals surface area contributed by atoms with E-state index in [0.29, 0.717) is 48.9 Å². The van der Waals surface area contributed by atoms with E-state index in [4.69, 9.17) is 0 Å². The van der Waals surface area contributed by atoms with E-state index in [9.17, 15) is 19.1 Å². The summed E-state index contributed by atoms with van der Waals surface area (Å²) in [5, 5.41) is 11.5. The third kappa shape index (κ3) is 3.71. The van der Waals surface area contributed by atoms with Gasteiger partial charge in [-0.1, -0.05) is 29.8 Å². The van der Waals surface area contributed by atoms with Gasteiger partial charge in [0, 0.05) is 43.8 Å². The van der Waals surface area contributed by atoms with E-state index in [1.165, 1.54) is 10.5 Å². The first-order chi connectivity index (χ1) is 15.8. The third-order valence-electron chi connectivity index (χ3n) is 6.69. The van der Waals surface area contributed by atoms with Gasteiger partial charge in [-0.25, -0.2) is 4.39 Å². The lowest BCUT2D eigenvalue weighted by Crippen LogP contribution is -2.39. The van der Waals surface area contributed by atoms with Crippen molar-refractivity contribution in [2.75, 3.05) is 20.1 Å². The zero-order chi connectivity index (χ0) is 23.3. The summed E-state index contributed by atoms with van der Waals surface area (Å²) in [5.74, 6) is -0.748. The van der Waals surface area contributed by atoms with Gasteiger partial charge in [-0.15, -0.1) is 0 Å². The van der Waals surface area contributed by atoms with Crippen LogP contribution in [-0.4, -0.2) is 58.0 Å². The molecule has 33 heavy (non-hydrogen) atoms. The fraction of sp³-hybridized carbons (Fsp3) is 0.346. The van der Waals surface area contributed by atoms with Gasteiger partial charge in [0.25, 0.3) is 11.8 Å². The molecular formula is C26H26FN3O3. The molecule has 0 aliphatic carbocycles. The molecule has 1 saturated heterocycles. The summed E-state index contributed by atoms with van der Waals surface area (Å²) in [6.07, 6.45) is 2.02. The number of carbonyl (C=O) groups excluding carboxylic acids is 2. The number of phenolic OH excluding ortho intramolecular Hbond substituents is 1. The Morgan fingerprint density at radius 1 is 1.18 bits per heavy atom. The van der Waals surface area contributed by atoms with Crippen molar-refractivity contribution in [3.63, 3.8) is 0 Å². The molecule has 0 unspecified atom stereocenters. The Bertz CT molecular complexity index is 1260. The maximum Gasteiger partial charge on any atom is 0.258 e. The minimum absolute atomic E-state index is 0.146. The molecule has 2 aliphatic rings. The van der Waals surface area contributed by atoms with E-state index in [1.54, 1.807) is 18.1 Å². The Kier molecular flexibility index (Phi) is 5.27. The summed E-state index contributed by atoms with van der Waals surface area (Å²) in [5.41, 5.74) is 4.50. The molecule has 170 valence electrons. The van der Waals surface area contributed by atoms with Crippen LogP contribution in [0.3, 0.4) is 0 Å². The minimum Gasteiger partial charge on any atom is -0.505 e. The second-order valence-electron chi connectivity index (χ2n) is 9.11. The Morgan fingerprint density at radius 2 is 1.88 bits per heavy atom. The lowest BCUT2D eigenvalue weighted by atomic mass is 9.93. The first kappa shape index (κ1) is 21.4. The highest BCUT2D eigenvalue weighted by Crippen LogP contribution is 2.40. The van der Waals surface area contributed by atoms with Gasteiger partial charge in [0.2, 0.25) is 0 Å². The molecule has 0 saturated carbocycles.